The Kier molecular flexibility index (Phi) is 5.33. The molecule has 4 rings (SSSR count). The predicted octanol–water partition coefficient (Wildman–Crippen LogP) is 1.84. The van der Waals surface area contributed by atoms with E-state index in [1.54, 1.807) is 36.5 Å². The van der Waals surface area contributed by atoms with Crippen molar-refractivity contribution in [2.24, 2.45) is 10.1 Å². The number of likely N-dealkylation sites (tertiary alicyclic amines) is 1. The number of carbonyl (C=O) groups is 1. The second-order valence-corrected chi connectivity index (χ2v) is 8.71. The minimum Gasteiger partial charge on any atom is -0.491 e. The van der Waals surface area contributed by atoms with Crippen LogP contribution in [0.4, 0.5) is 5.69 Å². The van der Waals surface area contributed by atoms with Crippen LogP contribution >= 0.6 is 0 Å². The third-order valence-corrected chi connectivity index (χ3v) is 6.12. The molecule has 1 aromatic heterocycles. The van der Waals surface area contributed by atoms with E-state index in [4.69, 9.17) is 10.5 Å². The molecule has 2 aliphatic rings. The number of nitrogens with two attached hydrogens (primary N) is 1. The quantitative estimate of drug-likeness (QED) is 0.763. The Morgan fingerprint density at radius 2 is 2.17 bits per heavy atom. The number of rotatable bonds is 4. The SMILES string of the molecule is Cc1cc(C(=O)N2CCCCC2COc2cccc3c2C(N)=NS(=O)(=O)N3)ccn1. The van der Waals surface area contributed by atoms with Crippen molar-refractivity contribution in [2.75, 3.05) is 17.9 Å². The maximum Gasteiger partial charge on any atom is 0.344 e. The van der Waals surface area contributed by atoms with E-state index in [0.717, 1.165) is 25.0 Å². The number of nitrogens with zero attached hydrogens (tertiary/aromatic N) is 3. The number of aromatic nitrogens is 1. The van der Waals surface area contributed by atoms with Crippen LogP contribution in [0, 0.1) is 6.92 Å². The number of carbonyl (C=O) groups excluding carboxylic acids is 1. The number of pyridine rings is 1. The van der Waals surface area contributed by atoms with Crippen LogP contribution in [0.25, 0.3) is 0 Å². The van der Waals surface area contributed by atoms with E-state index in [1.807, 2.05) is 11.8 Å². The van der Waals surface area contributed by atoms with Gasteiger partial charge in [0.1, 0.15) is 12.4 Å². The number of benzene rings is 1. The van der Waals surface area contributed by atoms with E-state index in [1.165, 1.54) is 0 Å². The summed E-state index contributed by atoms with van der Waals surface area (Å²) < 4.78 is 35.4. The molecule has 0 saturated carbocycles. The highest BCUT2D eigenvalue weighted by atomic mass is 32.2. The zero-order valence-corrected chi connectivity index (χ0v) is 17.4. The normalized spacial score (nSPS) is 20.0. The molecule has 2 aliphatic heterocycles. The summed E-state index contributed by atoms with van der Waals surface area (Å²) in [5, 5.41) is 0. The molecular weight excluding hydrogens is 406 g/mol. The van der Waals surface area contributed by atoms with Crippen molar-refractivity contribution in [3.63, 3.8) is 0 Å². The second-order valence-electron chi connectivity index (χ2n) is 7.38. The van der Waals surface area contributed by atoms with E-state index in [0.29, 0.717) is 29.1 Å². The third kappa shape index (κ3) is 4.09. The Hall–Kier alpha value is -3.14. The second kappa shape index (κ2) is 7.94. The first-order chi connectivity index (χ1) is 14.3. The first kappa shape index (κ1) is 20.1. The zero-order valence-electron chi connectivity index (χ0n) is 16.5. The van der Waals surface area contributed by atoms with Gasteiger partial charge in [-0.15, -0.1) is 4.40 Å². The van der Waals surface area contributed by atoms with Gasteiger partial charge in [0.2, 0.25) is 0 Å². The number of ether oxygens (including phenoxy) is 1. The smallest absolute Gasteiger partial charge is 0.344 e. The summed E-state index contributed by atoms with van der Waals surface area (Å²) in [6.07, 6.45) is 4.40. The van der Waals surface area contributed by atoms with Gasteiger partial charge in [-0.3, -0.25) is 14.5 Å². The molecule has 0 bridgehead atoms. The highest BCUT2D eigenvalue weighted by Gasteiger charge is 2.29. The number of hydrogen-bond acceptors (Lipinski definition) is 6. The van der Waals surface area contributed by atoms with Gasteiger partial charge >= 0.3 is 10.2 Å². The van der Waals surface area contributed by atoms with Gasteiger partial charge < -0.3 is 15.4 Å². The summed E-state index contributed by atoms with van der Waals surface area (Å²) in [7, 11) is -3.85. The Labute approximate surface area is 175 Å². The summed E-state index contributed by atoms with van der Waals surface area (Å²) in [6.45, 7) is 2.78. The molecule has 9 nitrogen and oxygen atoms in total. The summed E-state index contributed by atoms with van der Waals surface area (Å²) in [6, 6.07) is 8.39. The van der Waals surface area contributed by atoms with Gasteiger partial charge in [-0.2, -0.15) is 8.42 Å². The molecule has 1 unspecified atom stereocenters. The molecule has 1 aromatic carbocycles. The lowest BCUT2D eigenvalue weighted by Gasteiger charge is -2.36. The van der Waals surface area contributed by atoms with Crippen molar-refractivity contribution >= 4 is 27.6 Å². The molecule has 3 N–H and O–H groups in total. The van der Waals surface area contributed by atoms with Crippen LogP contribution < -0.4 is 15.2 Å². The lowest BCUT2D eigenvalue weighted by Crippen LogP contribution is -2.46. The Balaban J connectivity index is 1.54. The fourth-order valence-electron chi connectivity index (χ4n) is 3.81. The van der Waals surface area contributed by atoms with E-state index in [2.05, 4.69) is 14.1 Å². The van der Waals surface area contributed by atoms with E-state index in [-0.39, 0.29) is 24.4 Å². The number of hydrogen-bond donors (Lipinski definition) is 2. The average Bonchev–Trinajstić information content (AvgIpc) is 2.70. The zero-order chi connectivity index (χ0) is 21.3. The standard InChI is InChI=1S/C20H23N5O4S/c1-13-11-14(8-9-22-13)20(26)25-10-3-2-5-15(25)12-29-17-7-4-6-16-18(17)19(21)24-30(27,28)23-16/h4,6-9,11,15,23H,2-3,5,10,12H2,1H3,(H2,21,24). The highest BCUT2D eigenvalue weighted by molar-refractivity contribution is 7.91. The lowest BCUT2D eigenvalue weighted by molar-refractivity contribution is 0.0528. The van der Waals surface area contributed by atoms with Crippen LogP contribution in [0.5, 0.6) is 5.75 Å². The number of piperidine rings is 1. The fourth-order valence-corrected chi connectivity index (χ4v) is 4.65. The number of amidine groups is 1. The number of nitrogens with one attached hydrogen (secondary N) is 1. The summed E-state index contributed by atoms with van der Waals surface area (Å²) >= 11 is 0. The van der Waals surface area contributed by atoms with Gasteiger partial charge in [0.05, 0.1) is 17.3 Å². The Morgan fingerprint density at radius 3 is 2.97 bits per heavy atom. The molecular formula is C20H23N5O4S. The van der Waals surface area contributed by atoms with Crippen molar-refractivity contribution in [3.05, 3.63) is 53.3 Å². The molecule has 0 spiro atoms. The number of anilines is 1. The van der Waals surface area contributed by atoms with Crippen LogP contribution in [0.1, 0.15) is 40.9 Å². The van der Waals surface area contributed by atoms with Gasteiger partial charge in [-0.1, -0.05) is 6.07 Å². The molecule has 2 aromatic rings. The Bertz CT molecular complexity index is 1120. The van der Waals surface area contributed by atoms with Gasteiger partial charge in [-0.05, 0) is 50.5 Å². The predicted molar refractivity (Wildman–Crippen MR) is 113 cm³/mol. The van der Waals surface area contributed by atoms with Crippen molar-refractivity contribution in [1.82, 2.24) is 9.88 Å². The molecule has 30 heavy (non-hydrogen) atoms. The third-order valence-electron chi connectivity index (χ3n) is 5.20. The molecule has 1 saturated heterocycles. The first-order valence-electron chi connectivity index (χ1n) is 9.72. The maximum atomic E-state index is 13.1. The summed E-state index contributed by atoms with van der Waals surface area (Å²) in [5.41, 5.74) is 8.01. The number of amides is 1. The summed E-state index contributed by atoms with van der Waals surface area (Å²) in [5.74, 6) is 0.259. The van der Waals surface area contributed by atoms with Crippen molar-refractivity contribution in [1.29, 1.82) is 0 Å². The lowest BCUT2D eigenvalue weighted by atomic mass is 10.0. The summed E-state index contributed by atoms with van der Waals surface area (Å²) in [4.78, 5) is 19.1. The largest absolute Gasteiger partial charge is 0.491 e. The van der Waals surface area contributed by atoms with E-state index < -0.39 is 10.2 Å². The molecule has 3 heterocycles. The molecule has 10 heteroatoms. The van der Waals surface area contributed by atoms with Crippen LogP contribution in [0.3, 0.4) is 0 Å². The maximum absolute atomic E-state index is 13.1. The van der Waals surface area contributed by atoms with Gasteiger partial charge in [0, 0.05) is 24.0 Å². The molecule has 0 radical (unpaired) electrons. The van der Waals surface area contributed by atoms with Crippen molar-refractivity contribution in [2.45, 2.75) is 32.2 Å². The Morgan fingerprint density at radius 1 is 1.33 bits per heavy atom. The first-order valence-corrected chi connectivity index (χ1v) is 11.2. The number of aryl methyl sites for hydroxylation is 1. The topological polar surface area (TPSA) is 127 Å². The molecule has 1 atom stereocenters. The van der Waals surface area contributed by atoms with Crippen LogP contribution in [0.15, 0.2) is 40.9 Å². The monoisotopic (exact) mass is 429 g/mol. The molecule has 1 amide bonds. The fraction of sp³-hybridized carbons (Fsp3) is 0.350. The minimum atomic E-state index is -3.85. The van der Waals surface area contributed by atoms with Gasteiger partial charge in [-0.25, -0.2) is 0 Å². The van der Waals surface area contributed by atoms with Crippen molar-refractivity contribution in [3.8, 4) is 5.75 Å². The molecule has 158 valence electrons. The van der Waals surface area contributed by atoms with Gasteiger partial charge in [0.15, 0.2) is 5.84 Å². The van der Waals surface area contributed by atoms with Gasteiger partial charge in [0.25, 0.3) is 5.91 Å². The molecule has 1 fully saturated rings. The van der Waals surface area contributed by atoms with E-state index in [9.17, 15) is 13.2 Å². The number of fused-ring (bicyclic) bond motifs is 1. The van der Waals surface area contributed by atoms with Crippen LogP contribution in [-0.4, -0.2) is 49.2 Å². The van der Waals surface area contributed by atoms with E-state index >= 15 is 0 Å². The highest BCUT2D eigenvalue weighted by Crippen LogP contribution is 2.31. The van der Waals surface area contributed by atoms with Crippen molar-refractivity contribution < 1.29 is 17.9 Å². The molecule has 0 aliphatic carbocycles. The average molecular weight is 430 g/mol. The van der Waals surface area contributed by atoms with Crippen LogP contribution in [0.2, 0.25) is 0 Å². The minimum absolute atomic E-state index is 0.0438. The van der Waals surface area contributed by atoms with Crippen LogP contribution in [-0.2, 0) is 10.2 Å².